The number of benzene rings is 1. The van der Waals surface area contributed by atoms with Crippen LogP contribution in [0.25, 0.3) is 0 Å². The molecule has 1 heterocycles. The van der Waals surface area contributed by atoms with Crippen LogP contribution in [0.3, 0.4) is 0 Å². The summed E-state index contributed by atoms with van der Waals surface area (Å²) in [4.78, 5) is 0. The Kier molecular flexibility index (Phi) is 3.98. The number of rotatable bonds is 2. The SMILES string of the molecule is Cc1c(Br)cccc1NC1CCSCC1. The molecule has 82 valence electrons. The third-order valence-electron chi connectivity index (χ3n) is 2.85. The zero-order valence-electron chi connectivity index (χ0n) is 8.92. The maximum Gasteiger partial charge on any atom is 0.0383 e. The van der Waals surface area contributed by atoms with Gasteiger partial charge in [-0.05, 0) is 49.0 Å². The molecule has 1 aliphatic rings. The molecule has 1 N–H and O–H groups in total. The van der Waals surface area contributed by atoms with Crippen LogP contribution in [-0.4, -0.2) is 17.5 Å². The van der Waals surface area contributed by atoms with Crippen molar-refractivity contribution in [1.29, 1.82) is 0 Å². The summed E-state index contributed by atoms with van der Waals surface area (Å²) < 4.78 is 1.19. The van der Waals surface area contributed by atoms with Crippen LogP contribution in [-0.2, 0) is 0 Å². The summed E-state index contributed by atoms with van der Waals surface area (Å²) in [7, 11) is 0. The molecule has 0 amide bonds. The third kappa shape index (κ3) is 2.91. The standard InChI is InChI=1S/C12H16BrNS/c1-9-11(13)3-2-4-12(9)14-10-5-7-15-8-6-10/h2-4,10,14H,5-8H2,1H3. The van der Waals surface area contributed by atoms with Gasteiger partial charge in [0.2, 0.25) is 0 Å². The number of hydrogen-bond donors (Lipinski definition) is 1. The fourth-order valence-corrected chi connectivity index (χ4v) is 3.30. The number of halogens is 1. The van der Waals surface area contributed by atoms with Crippen LogP contribution in [0.15, 0.2) is 22.7 Å². The minimum atomic E-state index is 0.666. The Labute approximate surface area is 104 Å². The molecule has 0 saturated carbocycles. The lowest BCUT2D eigenvalue weighted by molar-refractivity contribution is 0.666. The van der Waals surface area contributed by atoms with Crippen molar-refractivity contribution in [3.05, 3.63) is 28.2 Å². The van der Waals surface area contributed by atoms with Gasteiger partial charge < -0.3 is 5.32 Å². The molecule has 0 aliphatic carbocycles. The van der Waals surface area contributed by atoms with Crippen LogP contribution in [0, 0.1) is 6.92 Å². The minimum Gasteiger partial charge on any atom is -0.382 e. The van der Waals surface area contributed by atoms with E-state index in [1.807, 2.05) is 0 Å². The number of thioether (sulfide) groups is 1. The molecular weight excluding hydrogens is 270 g/mol. The van der Waals surface area contributed by atoms with Gasteiger partial charge in [-0.1, -0.05) is 22.0 Å². The molecule has 0 spiro atoms. The second-order valence-electron chi connectivity index (χ2n) is 3.94. The average Bonchev–Trinajstić information content (AvgIpc) is 2.26. The molecule has 3 heteroatoms. The van der Waals surface area contributed by atoms with Crippen LogP contribution < -0.4 is 5.32 Å². The highest BCUT2D eigenvalue weighted by atomic mass is 79.9. The molecule has 0 atom stereocenters. The van der Waals surface area contributed by atoms with Gasteiger partial charge in [0.15, 0.2) is 0 Å². The first-order chi connectivity index (χ1) is 7.27. The quantitative estimate of drug-likeness (QED) is 0.879. The van der Waals surface area contributed by atoms with E-state index in [4.69, 9.17) is 0 Å². The first kappa shape index (κ1) is 11.3. The number of anilines is 1. The van der Waals surface area contributed by atoms with Crippen LogP contribution in [0.5, 0.6) is 0 Å². The fraction of sp³-hybridized carbons (Fsp3) is 0.500. The van der Waals surface area contributed by atoms with Crippen molar-refractivity contribution < 1.29 is 0 Å². The molecule has 1 aliphatic heterocycles. The van der Waals surface area contributed by atoms with Gasteiger partial charge in [0, 0.05) is 16.2 Å². The Morgan fingerprint density at radius 1 is 1.33 bits per heavy atom. The summed E-state index contributed by atoms with van der Waals surface area (Å²) >= 11 is 5.63. The summed E-state index contributed by atoms with van der Waals surface area (Å²) in [5, 5.41) is 3.65. The van der Waals surface area contributed by atoms with Crippen LogP contribution >= 0.6 is 27.7 Å². The summed E-state index contributed by atoms with van der Waals surface area (Å²) in [5.74, 6) is 2.59. The number of nitrogens with one attached hydrogen (secondary N) is 1. The van der Waals surface area contributed by atoms with E-state index in [1.165, 1.54) is 40.1 Å². The number of hydrogen-bond acceptors (Lipinski definition) is 2. The Morgan fingerprint density at radius 2 is 2.07 bits per heavy atom. The second-order valence-corrected chi connectivity index (χ2v) is 6.02. The van der Waals surface area contributed by atoms with Crippen molar-refractivity contribution in [1.82, 2.24) is 0 Å². The maximum absolute atomic E-state index is 3.65. The molecule has 0 unspecified atom stereocenters. The molecule has 2 rings (SSSR count). The summed E-state index contributed by atoms with van der Waals surface area (Å²) in [6, 6.07) is 7.02. The molecule has 1 saturated heterocycles. The van der Waals surface area contributed by atoms with Gasteiger partial charge in [0.1, 0.15) is 0 Å². The van der Waals surface area contributed by atoms with Gasteiger partial charge in [-0.2, -0.15) is 11.8 Å². The Bertz CT molecular complexity index is 334. The molecule has 1 aromatic carbocycles. The summed E-state index contributed by atoms with van der Waals surface area (Å²) in [6.45, 7) is 2.16. The van der Waals surface area contributed by atoms with E-state index in [2.05, 4.69) is 58.1 Å². The Hall–Kier alpha value is -0.150. The normalized spacial score (nSPS) is 17.7. The van der Waals surface area contributed by atoms with Crippen molar-refractivity contribution >= 4 is 33.4 Å². The van der Waals surface area contributed by atoms with E-state index in [0.717, 1.165) is 0 Å². The first-order valence-electron chi connectivity index (χ1n) is 5.37. The fourth-order valence-electron chi connectivity index (χ4n) is 1.83. The predicted molar refractivity (Wildman–Crippen MR) is 72.8 cm³/mol. The van der Waals surface area contributed by atoms with Gasteiger partial charge in [-0.15, -0.1) is 0 Å². The van der Waals surface area contributed by atoms with Crippen LogP contribution in [0.2, 0.25) is 0 Å². The summed E-state index contributed by atoms with van der Waals surface area (Å²) in [5.41, 5.74) is 2.59. The lowest BCUT2D eigenvalue weighted by Crippen LogP contribution is -2.24. The predicted octanol–water partition coefficient (Wildman–Crippen LogP) is 4.07. The van der Waals surface area contributed by atoms with Gasteiger partial charge in [0.05, 0.1) is 0 Å². The van der Waals surface area contributed by atoms with Gasteiger partial charge in [0.25, 0.3) is 0 Å². The zero-order chi connectivity index (χ0) is 10.7. The minimum absolute atomic E-state index is 0.666. The van der Waals surface area contributed by atoms with E-state index < -0.39 is 0 Å². The highest BCUT2D eigenvalue weighted by Gasteiger charge is 2.14. The van der Waals surface area contributed by atoms with E-state index in [0.29, 0.717) is 6.04 Å². The van der Waals surface area contributed by atoms with E-state index in [9.17, 15) is 0 Å². The lowest BCUT2D eigenvalue weighted by Gasteiger charge is -2.24. The van der Waals surface area contributed by atoms with Crippen LogP contribution in [0.1, 0.15) is 18.4 Å². The van der Waals surface area contributed by atoms with E-state index in [-0.39, 0.29) is 0 Å². The van der Waals surface area contributed by atoms with E-state index >= 15 is 0 Å². The van der Waals surface area contributed by atoms with Crippen molar-refractivity contribution in [2.75, 3.05) is 16.8 Å². The molecule has 1 nitrogen and oxygen atoms in total. The monoisotopic (exact) mass is 285 g/mol. The lowest BCUT2D eigenvalue weighted by atomic mass is 10.1. The van der Waals surface area contributed by atoms with Crippen molar-refractivity contribution in [3.63, 3.8) is 0 Å². The largest absolute Gasteiger partial charge is 0.382 e. The first-order valence-corrected chi connectivity index (χ1v) is 7.31. The van der Waals surface area contributed by atoms with Crippen molar-refractivity contribution in [2.24, 2.45) is 0 Å². The topological polar surface area (TPSA) is 12.0 Å². The molecule has 0 bridgehead atoms. The molecule has 0 radical (unpaired) electrons. The smallest absolute Gasteiger partial charge is 0.0383 e. The van der Waals surface area contributed by atoms with Crippen molar-refractivity contribution in [3.8, 4) is 0 Å². The molecule has 1 fully saturated rings. The van der Waals surface area contributed by atoms with Gasteiger partial charge in [-0.25, -0.2) is 0 Å². The summed E-state index contributed by atoms with van der Waals surface area (Å²) in [6.07, 6.45) is 2.58. The molecule has 1 aromatic rings. The highest BCUT2D eigenvalue weighted by Crippen LogP contribution is 2.26. The van der Waals surface area contributed by atoms with E-state index in [1.54, 1.807) is 0 Å². The molecule has 15 heavy (non-hydrogen) atoms. The second kappa shape index (κ2) is 5.26. The maximum atomic E-state index is 3.65. The Balaban J connectivity index is 2.06. The average molecular weight is 286 g/mol. The molecule has 0 aromatic heterocycles. The van der Waals surface area contributed by atoms with Gasteiger partial charge >= 0.3 is 0 Å². The molecular formula is C12H16BrNS. The van der Waals surface area contributed by atoms with Crippen LogP contribution in [0.4, 0.5) is 5.69 Å². The van der Waals surface area contributed by atoms with Crippen molar-refractivity contribution in [2.45, 2.75) is 25.8 Å². The van der Waals surface area contributed by atoms with Gasteiger partial charge in [-0.3, -0.25) is 0 Å². The Morgan fingerprint density at radius 3 is 2.80 bits per heavy atom. The third-order valence-corrected chi connectivity index (χ3v) is 4.76. The highest BCUT2D eigenvalue weighted by molar-refractivity contribution is 9.10. The zero-order valence-corrected chi connectivity index (χ0v) is 11.3.